The van der Waals surface area contributed by atoms with Crippen molar-refractivity contribution in [1.29, 1.82) is 0 Å². The fraction of sp³-hybridized carbons (Fsp3) is 0.580. The fourth-order valence-electron chi connectivity index (χ4n) is 6.92. The Bertz CT molecular complexity index is 1520. The van der Waals surface area contributed by atoms with Gasteiger partial charge in [0.25, 0.3) is 0 Å². The van der Waals surface area contributed by atoms with Crippen molar-refractivity contribution in [3.05, 3.63) is 114 Å². The van der Waals surface area contributed by atoms with Crippen molar-refractivity contribution in [3.8, 4) is 0 Å². The highest BCUT2D eigenvalue weighted by atomic mass is 15.0. The third-order valence-corrected chi connectivity index (χ3v) is 9.68. The van der Waals surface area contributed by atoms with Crippen LogP contribution in [0.4, 0.5) is 0 Å². The zero-order chi connectivity index (χ0) is 42.6. The largest absolute Gasteiger partial charge is 0.325 e. The quantitative estimate of drug-likeness (QED) is 0.102. The lowest BCUT2D eigenvalue weighted by Gasteiger charge is -2.00. The Hall–Kier alpha value is -3.85. The molecule has 5 rings (SSSR count). The molecule has 2 aliphatic rings. The van der Waals surface area contributed by atoms with E-state index in [9.17, 15) is 0 Å². The average Bonchev–Trinajstić information content (AvgIpc) is 3.88. The molecule has 0 aliphatic carbocycles. The minimum Gasteiger partial charge on any atom is -0.325 e. The van der Waals surface area contributed by atoms with Crippen LogP contribution in [-0.4, -0.2) is 53.8 Å². The highest BCUT2D eigenvalue weighted by Gasteiger charge is 2.15. The van der Waals surface area contributed by atoms with E-state index in [4.69, 9.17) is 17.2 Å². The second-order valence-electron chi connectivity index (χ2n) is 15.2. The summed E-state index contributed by atoms with van der Waals surface area (Å²) in [7, 11) is 0. The number of hydrogen-bond acceptors (Lipinski definition) is 3. The molecule has 0 aromatic carbocycles. The van der Waals surface area contributed by atoms with Gasteiger partial charge in [-0.15, -0.1) is 0 Å². The second kappa shape index (κ2) is 35.1. The standard InChI is InChI=1S/C11H18N.2C10H17N2.C10H18N.C9H17N2/c1-3-5-11-6-9-12(8-4-2)10-7-11;1-2-5-10-6-3-4-8-12(10)9-7-11;1-2-4-10-5-3-7-12(9-10)8-6-11;1-3-5-10-6-8-11(9-10)7-4-2;1-2-4-9-5-3-7-11(9)8-6-10/h6-7,9-10H,3-5,8H2,1-2H3;3-4,6,8H,2,5,7,9,11H2,1H3;3,5,7,9H,2,4,6,8,11H2,1H3;8-9H,3-7H2,1-2H3;3,7H,2,4-6,8,10H2,1H3/q5*+1. The van der Waals surface area contributed by atoms with Gasteiger partial charge in [0.2, 0.25) is 0 Å². The summed E-state index contributed by atoms with van der Waals surface area (Å²) in [6, 6.07) is 15.0. The van der Waals surface area contributed by atoms with Crippen molar-refractivity contribution in [1.82, 2.24) is 0 Å². The molecular weight excluding hydrogens is 713 g/mol. The lowest BCUT2D eigenvalue weighted by Crippen LogP contribution is -2.41. The van der Waals surface area contributed by atoms with E-state index in [2.05, 4.69) is 169 Å². The highest BCUT2D eigenvalue weighted by molar-refractivity contribution is 5.82. The molecule has 8 nitrogen and oxygen atoms in total. The first kappa shape index (κ1) is 52.2. The van der Waals surface area contributed by atoms with Crippen LogP contribution in [0.3, 0.4) is 0 Å². The Morgan fingerprint density at radius 3 is 1.79 bits per heavy atom. The van der Waals surface area contributed by atoms with E-state index in [0.29, 0.717) is 13.1 Å². The lowest BCUT2D eigenvalue weighted by atomic mass is 10.1. The summed E-state index contributed by atoms with van der Waals surface area (Å²) in [4.78, 5) is 0. The molecule has 0 saturated heterocycles. The minimum atomic E-state index is 0.709. The Morgan fingerprint density at radius 1 is 0.517 bits per heavy atom. The first-order valence-electron chi connectivity index (χ1n) is 23.0. The Labute approximate surface area is 355 Å². The third kappa shape index (κ3) is 23.5. The molecule has 0 amide bonds. The molecule has 6 N–H and O–H groups in total. The lowest BCUT2D eigenvalue weighted by molar-refractivity contribution is -0.701. The van der Waals surface area contributed by atoms with Crippen molar-refractivity contribution in [2.24, 2.45) is 17.2 Å². The van der Waals surface area contributed by atoms with Gasteiger partial charge in [-0.3, -0.25) is 0 Å². The van der Waals surface area contributed by atoms with E-state index < -0.39 is 0 Å². The molecule has 0 saturated carbocycles. The van der Waals surface area contributed by atoms with Crippen LogP contribution in [0.15, 0.2) is 97.5 Å². The number of aryl methyl sites for hydroxylation is 4. The summed E-state index contributed by atoms with van der Waals surface area (Å²) >= 11 is 0. The minimum absolute atomic E-state index is 0.709. The van der Waals surface area contributed by atoms with Gasteiger partial charge in [0.05, 0.1) is 32.5 Å². The first-order chi connectivity index (χ1) is 28.4. The fourth-order valence-corrected chi connectivity index (χ4v) is 6.92. The van der Waals surface area contributed by atoms with Gasteiger partial charge in [-0.2, -0.15) is 0 Å². The smallest absolute Gasteiger partial charge is 0.181 e. The molecule has 58 heavy (non-hydrogen) atoms. The number of pyridine rings is 3. The maximum absolute atomic E-state index is 5.50. The second-order valence-corrected chi connectivity index (χ2v) is 15.2. The molecule has 3 aromatic rings. The first-order valence-corrected chi connectivity index (χ1v) is 23.0. The van der Waals surface area contributed by atoms with Crippen LogP contribution in [0, 0.1) is 0 Å². The SMILES string of the molecule is CCCC1=C[N+](CCC)=CC1.CCCC1=[N+](CCN)C=CC1.CCCc1cc[n+](CCC)cc1.CCCc1ccc[n+](CCN)c1.CCCc1cccc[n+]1CCN. The van der Waals surface area contributed by atoms with Gasteiger partial charge in [-0.05, 0) is 49.8 Å². The summed E-state index contributed by atoms with van der Waals surface area (Å²) in [5.74, 6) is 0. The third-order valence-electron chi connectivity index (χ3n) is 9.68. The summed E-state index contributed by atoms with van der Waals surface area (Å²) in [6.45, 7) is 22.8. The summed E-state index contributed by atoms with van der Waals surface area (Å²) in [6.07, 6.45) is 36.6. The van der Waals surface area contributed by atoms with Gasteiger partial charge in [0.15, 0.2) is 74.4 Å². The van der Waals surface area contributed by atoms with Gasteiger partial charge in [0, 0.05) is 67.2 Å². The van der Waals surface area contributed by atoms with Crippen LogP contribution >= 0.6 is 0 Å². The van der Waals surface area contributed by atoms with Gasteiger partial charge in [-0.25, -0.2) is 22.9 Å². The number of aromatic nitrogens is 3. The maximum Gasteiger partial charge on any atom is 0.181 e. The van der Waals surface area contributed by atoms with Crippen molar-refractivity contribution >= 4 is 11.9 Å². The Balaban J connectivity index is 0.000000363. The van der Waals surface area contributed by atoms with E-state index in [1.54, 1.807) is 5.57 Å². The van der Waals surface area contributed by atoms with E-state index in [1.807, 2.05) is 0 Å². The monoisotopic (exact) mass is 800 g/mol. The Kier molecular flexibility index (Phi) is 31.6. The molecule has 2 aliphatic heterocycles. The van der Waals surface area contributed by atoms with Gasteiger partial charge >= 0.3 is 0 Å². The van der Waals surface area contributed by atoms with Crippen LogP contribution in [0.25, 0.3) is 0 Å². The van der Waals surface area contributed by atoms with Crippen molar-refractivity contribution in [2.75, 3.05) is 32.7 Å². The van der Waals surface area contributed by atoms with Crippen LogP contribution < -0.4 is 30.9 Å². The zero-order valence-corrected chi connectivity index (χ0v) is 38.3. The number of allylic oxidation sites excluding steroid dienone is 2. The molecular formula is C50H87N8+5. The van der Waals surface area contributed by atoms with E-state index >= 15 is 0 Å². The summed E-state index contributed by atoms with van der Waals surface area (Å²) < 4.78 is 11.2. The topological polar surface area (TPSA) is 95.7 Å². The van der Waals surface area contributed by atoms with Crippen molar-refractivity contribution < 1.29 is 22.9 Å². The van der Waals surface area contributed by atoms with Gasteiger partial charge in [-0.1, -0.05) is 73.8 Å². The van der Waals surface area contributed by atoms with Crippen molar-refractivity contribution in [3.63, 3.8) is 0 Å². The molecule has 0 fully saturated rings. The molecule has 0 radical (unpaired) electrons. The predicted molar refractivity (Wildman–Crippen MR) is 247 cm³/mol. The Morgan fingerprint density at radius 2 is 1.17 bits per heavy atom. The van der Waals surface area contributed by atoms with Crippen molar-refractivity contribution in [2.45, 2.75) is 158 Å². The zero-order valence-electron chi connectivity index (χ0n) is 38.3. The van der Waals surface area contributed by atoms with E-state index in [-0.39, 0.29) is 0 Å². The van der Waals surface area contributed by atoms with Gasteiger partial charge < -0.3 is 17.2 Å². The molecule has 322 valence electrons. The van der Waals surface area contributed by atoms with Crippen LogP contribution in [0.1, 0.15) is 136 Å². The number of nitrogens with zero attached hydrogens (tertiary/aromatic N) is 5. The number of nitrogens with two attached hydrogens (primary N) is 3. The van der Waals surface area contributed by atoms with Crippen LogP contribution in [0.2, 0.25) is 0 Å². The van der Waals surface area contributed by atoms with Crippen LogP contribution in [-0.2, 0) is 38.9 Å². The maximum atomic E-state index is 5.50. The molecule has 5 heterocycles. The highest BCUT2D eigenvalue weighted by Crippen LogP contribution is 2.12. The molecule has 0 unspecified atom stereocenters. The molecule has 0 bridgehead atoms. The normalized spacial score (nSPS) is 12.6. The predicted octanol–water partition coefficient (Wildman–Crippen LogP) is 7.79. The van der Waals surface area contributed by atoms with E-state index in [0.717, 1.165) is 52.0 Å². The summed E-state index contributed by atoms with van der Waals surface area (Å²) in [5.41, 5.74) is 23.8. The number of hydrogen-bond donors (Lipinski definition) is 3. The summed E-state index contributed by atoms with van der Waals surface area (Å²) in [5, 5.41) is 0. The number of rotatable bonds is 20. The molecule has 0 spiro atoms. The average molecular weight is 800 g/mol. The molecule has 3 aromatic heterocycles. The van der Waals surface area contributed by atoms with E-state index in [1.165, 1.54) is 99.7 Å². The molecule has 0 atom stereocenters. The molecule has 8 heteroatoms. The van der Waals surface area contributed by atoms with Gasteiger partial charge in [0.1, 0.15) is 19.3 Å². The van der Waals surface area contributed by atoms with Crippen LogP contribution in [0.5, 0.6) is 0 Å².